The molecule has 0 saturated heterocycles. The second kappa shape index (κ2) is 5.84. The van der Waals surface area contributed by atoms with Crippen LogP contribution in [0.15, 0.2) is 42.5 Å². The van der Waals surface area contributed by atoms with Gasteiger partial charge in [-0.05, 0) is 35.9 Å². The third kappa shape index (κ3) is 3.22. The molecule has 1 amide bonds. The van der Waals surface area contributed by atoms with Crippen LogP contribution in [-0.2, 0) is 6.54 Å². The van der Waals surface area contributed by atoms with Gasteiger partial charge in [0.1, 0.15) is 5.75 Å². The number of nitrogen functional groups attached to an aromatic ring is 1. The van der Waals surface area contributed by atoms with Crippen LogP contribution in [0.1, 0.15) is 15.9 Å². The molecule has 104 valence electrons. The summed E-state index contributed by atoms with van der Waals surface area (Å²) in [4.78, 5) is 13.8. The number of phenolic OH excluding ortho intramolecular Hbond substituents is 1. The van der Waals surface area contributed by atoms with E-state index < -0.39 is 0 Å². The van der Waals surface area contributed by atoms with Crippen molar-refractivity contribution in [1.82, 2.24) is 4.90 Å². The van der Waals surface area contributed by atoms with Crippen LogP contribution < -0.4 is 5.73 Å². The van der Waals surface area contributed by atoms with E-state index in [0.29, 0.717) is 17.1 Å². The van der Waals surface area contributed by atoms with Gasteiger partial charge in [-0.15, -0.1) is 0 Å². The number of carbonyl (C=O) groups excluding carboxylic acids is 1. The monoisotopic (exact) mass is 290 g/mol. The van der Waals surface area contributed by atoms with E-state index >= 15 is 0 Å². The Balaban J connectivity index is 2.11. The fourth-order valence-corrected chi connectivity index (χ4v) is 1.96. The molecule has 0 unspecified atom stereocenters. The number of aromatic hydroxyl groups is 1. The Labute approximate surface area is 122 Å². The van der Waals surface area contributed by atoms with Crippen molar-refractivity contribution in [2.24, 2.45) is 0 Å². The fourth-order valence-electron chi connectivity index (χ4n) is 1.83. The Morgan fingerprint density at radius 2 is 1.90 bits per heavy atom. The lowest BCUT2D eigenvalue weighted by Crippen LogP contribution is -2.26. The number of hydrogen-bond donors (Lipinski definition) is 2. The van der Waals surface area contributed by atoms with Crippen LogP contribution >= 0.6 is 11.6 Å². The summed E-state index contributed by atoms with van der Waals surface area (Å²) in [6, 6.07) is 11.8. The van der Waals surface area contributed by atoms with E-state index in [1.165, 1.54) is 12.1 Å². The molecule has 0 fully saturated rings. The molecule has 3 N–H and O–H groups in total. The summed E-state index contributed by atoms with van der Waals surface area (Å²) in [5, 5.41) is 10.2. The Kier molecular flexibility index (Phi) is 4.15. The van der Waals surface area contributed by atoms with Gasteiger partial charge >= 0.3 is 0 Å². The number of hydrogen-bond acceptors (Lipinski definition) is 3. The molecule has 2 aromatic carbocycles. The number of carbonyl (C=O) groups is 1. The van der Waals surface area contributed by atoms with Crippen LogP contribution in [0.2, 0.25) is 5.02 Å². The predicted molar refractivity (Wildman–Crippen MR) is 79.8 cm³/mol. The van der Waals surface area contributed by atoms with Gasteiger partial charge in [0, 0.05) is 24.2 Å². The molecule has 0 aliphatic carbocycles. The van der Waals surface area contributed by atoms with Gasteiger partial charge in [-0.1, -0.05) is 23.7 Å². The smallest absolute Gasteiger partial charge is 0.254 e. The molecule has 0 aromatic heterocycles. The van der Waals surface area contributed by atoms with Crippen LogP contribution in [-0.4, -0.2) is 23.0 Å². The van der Waals surface area contributed by atoms with Gasteiger partial charge in [0.15, 0.2) is 0 Å². The van der Waals surface area contributed by atoms with Crippen LogP contribution in [0.4, 0.5) is 5.69 Å². The summed E-state index contributed by atoms with van der Waals surface area (Å²) in [7, 11) is 1.70. The molecule has 0 spiro atoms. The normalized spacial score (nSPS) is 10.3. The Hall–Kier alpha value is -2.20. The lowest BCUT2D eigenvalue weighted by atomic mass is 10.1. The molecule has 20 heavy (non-hydrogen) atoms. The third-order valence-electron chi connectivity index (χ3n) is 2.96. The molecule has 2 aromatic rings. The van der Waals surface area contributed by atoms with Crippen molar-refractivity contribution in [2.75, 3.05) is 12.8 Å². The van der Waals surface area contributed by atoms with Gasteiger partial charge in [-0.2, -0.15) is 0 Å². The van der Waals surface area contributed by atoms with E-state index in [1.807, 2.05) is 12.1 Å². The predicted octanol–water partition coefficient (Wildman–Crippen LogP) is 2.90. The number of halogens is 1. The van der Waals surface area contributed by atoms with Crippen molar-refractivity contribution < 1.29 is 9.90 Å². The second-order valence-electron chi connectivity index (χ2n) is 4.56. The van der Waals surface area contributed by atoms with Gasteiger partial charge in [-0.3, -0.25) is 4.79 Å². The molecule has 5 heteroatoms. The highest BCUT2D eigenvalue weighted by Crippen LogP contribution is 2.21. The number of amides is 1. The molecule has 2 rings (SSSR count). The quantitative estimate of drug-likeness (QED) is 0.675. The number of nitrogens with zero attached hydrogens (tertiary/aromatic N) is 1. The van der Waals surface area contributed by atoms with E-state index in [4.69, 9.17) is 17.3 Å². The van der Waals surface area contributed by atoms with Crippen molar-refractivity contribution in [2.45, 2.75) is 6.54 Å². The van der Waals surface area contributed by atoms with Gasteiger partial charge in [-0.25, -0.2) is 0 Å². The van der Waals surface area contributed by atoms with Crippen LogP contribution in [0.25, 0.3) is 0 Å². The molecule has 4 nitrogen and oxygen atoms in total. The first-order valence-corrected chi connectivity index (χ1v) is 6.43. The Morgan fingerprint density at radius 1 is 1.25 bits per heavy atom. The number of rotatable bonds is 3. The first-order chi connectivity index (χ1) is 9.47. The molecule has 0 atom stereocenters. The molecule has 0 radical (unpaired) electrons. The summed E-state index contributed by atoms with van der Waals surface area (Å²) in [5.41, 5.74) is 7.14. The zero-order valence-electron chi connectivity index (χ0n) is 11.0. The maximum Gasteiger partial charge on any atom is 0.254 e. The average Bonchev–Trinajstić information content (AvgIpc) is 2.43. The van der Waals surface area contributed by atoms with Crippen molar-refractivity contribution in [1.29, 1.82) is 0 Å². The summed E-state index contributed by atoms with van der Waals surface area (Å²) < 4.78 is 0. The molecular formula is C15H15ClN2O2. The Morgan fingerprint density at radius 3 is 2.50 bits per heavy atom. The SMILES string of the molecule is CN(Cc1ccc(Cl)cc1)C(=O)c1ccc(N)c(O)c1. The second-order valence-corrected chi connectivity index (χ2v) is 5.00. The van der Waals surface area contributed by atoms with Gasteiger partial charge in [0.05, 0.1) is 5.69 Å². The van der Waals surface area contributed by atoms with E-state index in [0.717, 1.165) is 5.56 Å². The first-order valence-electron chi connectivity index (χ1n) is 6.06. The molecule has 0 saturated carbocycles. The first kappa shape index (κ1) is 14.2. The molecule has 0 heterocycles. The van der Waals surface area contributed by atoms with Gasteiger partial charge in [0.2, 0.25) is 0 Å². The molecule has 0 aliphatic rings. The van der Waals surface area contributed by atoms with Crippen molar-refractivity contribution in [3.05, 3.63) is 58.6 Å². The zero-order chi connectivity index (χ0) is 14.7. The topological polar surface area (TPSA) is 66.6 Å². The van der Waals surface area contributed by atoms with Crippen LogP contribution in [0.5, 0.6) is 5.75 Å². The molecular weight excluding hydrogens is 276 g/mol. The lowest BCUT2D eigenvalue weighted by Gasteiger charge is -2.17. The number of benzene rings is 2. The number of nitrogens with two attached hydrogens (primary N) is 1. The summed E-state index contributed by atoms with van der Waals surface area (Å²) in [6.45, 7) is 0.459. The minimum Gasteiger partial charge on any atom is -0.506 e. The minimum atomic E-state index is -0.185. The zero-order valence-corrected chi connectivity index (χ0v) is 11.8. The fraction of sp³-hybridized carbons (Fsp3) is 0.133. The highest BCUT2D eigenvalue weighted by atomic mass is 35.5. The third-order valence-corrected chi connectivity index (χ3v) is 3.21. The average molecular weight is 291 g/mol. The summed E-state index contributed by atoms with van der Waals surface area (Å²) >= 11 is 5.82. The lowest BCUT2D eigenvalue weighted by molar-refractivity contribution is 0.0784. The van der Waals surface area contributed by atoms with E-state index in [1.54, 1.807) is 30.1 Å². The van der Waals surface area contributed by atoms with Gasteiger partial charge < -0.3 is 15.7 Å². The van der Waals surface area contributed by atoms with Crippen molar-refractivity contribution in [3.63, 3.8) is 0 Å². The highest BCUT2D eigenvalue weighted by molar-refractivity contribution is 6.30. The summed E-state index contributed by atoms with van der Waals surface area (Å²) in [6.07, 6.45) is 0. The standard InChI is InChI=1S/C15H15ClN2O2/c1-18(9-10-2-5-12(16)6-3-10)15(20)11-4-7-13(17)14(19)8-11/h2-8,19H,9,17H2,1H3. The maximum absolute atomic E-state index is 12.2. The minimum absolute atomic E-state index is 0.0873. The van der Waals surface area contributed by atoms with Gasteiger partial charge in [0.25, 0.3) is 5.91 Å². The van der Waals surface area contributed by atoms with Crippen LogP contribution in [0.3, 0.4) is 0 Å². The molecule has 0 aliphatic heterocycles. The molecule has 0 bridgehead atoms. The largest absolute Gasteiger partial charge is 0.506 e. The summed E-state index contributed by atoms with van der Waals surface area (Å²) in [5.74, 6) is -0.272. The number of anilines is 1. The van der Waals surface area contributed by atoms with E-state index in [2.05, 4.69) is 0 Å². The Bertz CT molecular complexity index is 626. The van der Waals surface area contributed by atoms with E-state index in [-0.39, 0.29) is 17.3 Å². The van der Waals surface area contributed by atoms with Crippen LogP contribution in [0, 0.1) is 0 Å². The van der Waals surface area contributed by atoms with Crippen molar-refractivity contribution in [3.8, 4) is 5.75 Å². The highest BCUT2D eigenvalue weighted by Gasteiger charge is 2.13. The van der Waals surface area contributed by atoms with Crippen molar-refractivity contribution >= 4 is 23.2 Å². The maximum atomic E-state index is 12.2. The van der Waals surface area contributed by atoms with E-state index in [9.17, 15) is 9.90 Å². The number of phenols is 1.